The summed E-state index contributed by atoms with van der Waals surface area (Å²) in [5.41, 5.74) is 6.53. The lowest BCUT2D eigenvalue weighted by Crippen LogP contribution is -2.51. The van der Waals surface area contributed by atoms with Crippen molar-refractivity contribution in [3.63, 3.8) is 0 Å². The Labute approximate surface area is 119 Å². The van der Waals surface area contributed by atoms with Crippen molar-refractivity contribution in [2.75, 3.05) is 32.7 Å². The van der Waals surface area contributed by atoms with Gasteiger partial charge in [0.05, 0.1) is 0 Å². The molecule has 0 amide bonds. The van der Waals surface area contributed by atoms with Gasteiger partial charge in [0.1, 0.15) is 0 Å². The first-order chi connectivity index (χ1) is 8.97. The SMILES string of the molecule is CC(C)(C)C(N)CN1CCC(N2CCCCC2)CC1. The summed E-state index contributed by atoms with van der Waals surface area (Å²) in [6, 6.07) is 1.14. The van der Waals surface area contributed by atoms with Crippen molar-refractivity contribution in [1.82, 2.24) is 9.80 Å². The van der Waals surface area contributed by atoms with Crippen LogP contribution >= 0.6 is 0 Å². The van der Waals surface area contributed by atoms with Gasteiger partial charge in [-0.25, -0.2) is 0 Å². The minimum atomic E-state index is 0.226. The molecule has 0 bridgehead atoms. The lowest BCUT2D eigenvalue weighted by Gasteiger charge is -2.41. The topological polar surface area (TPSA) is 32.5 Å². The van der Waals surface area contributed by atoms with E-state index in [-0.39, 0.29) is 5.41 Å². The summed E-state index contributed by atoms with van der Waals surface area (Å²) in [5, 5.41) is 0. The van der Waals surface area contributed by atoms with Gasteiger partial charge in [0.2, 0.25) is 0 Å². The summed E-state index contributed by atoms with van der Waals surface area (Å²) < 4.78 is 0. The van der Waals surface area contributed by atoms with E-state index in [1.165, 1.54) is 58.3 Å². The highest BCUT2D eigenvalue weighted by Crippen LogP contribution is 2.23. The molecule has 1 unspecified atom stereocenters. The number of hydrogen-bond acceptors (Lipinski definition) is 3. The highest BCUT2D eigenvalue weighted by atomic mass is 15.2. The minimum Gasteiger partial charge on any atom is -0.326 e. The van der Waals surface area contributed by atoms with Crippen LogP contribution in [0.25, 0.3) is 0 Å². The smallest absolute Gasteiger partial charge is 0.0217 e. The van der Waals surface area contributed by atoms with E-state index < -0.39 is 0 Å². The average molecular weight is 267 g/mol. The molecule has 112 valence electrons. The van der Waals surface area contributed by atoms with Crippen molar-refractivity contribution in [2.45, 2.75) is 65.0 Å². The molecule has 2 N–H and O–H groups in total. The maximum atomic E-state index is 6.31. The van der Waals surface area contributed by atoms with Crippen LogP contribution < -0.4 is 5.73 Å². The van der Waals surface area contributed by atoms with Gasteiger partial charge in [-0.2, -0.15) is 0 Å². The van der Waals surface area contributed by atoms with Gasteiger partial charge in [-0.3, -0.25) is 0 Å². The lowest BCUT2D eigenvalue weighted by molar-refractivity contribution is 0.0830. The Kier molecular flexibility index (Phi) is 5.27. The number of piperidine rings is 2. The number of likely N-dealkylation sites (tertiary alicyclic amines) is 2. The molecule has 2 heterocycles. The number of hydrogen-bond donors (Lipinski definition) is 1. The van der Waals surface area contributed by atoms with Gasteiger partial charge in [-0.1, -0.05) is 27.2 Å². The molecule has 0 aliphatic carbocycles. The predicted octanol–water partition coefficient (Wildman–Crippen LogP) is 2.31. The Morgan fingerprint density at radius 3 is 2.11 bits per heavy atom. The Bertz CT molecular complexity index is 258. The first-order valence-corrected chi connectivity index (χ1v) is 8.19. The Hall–Kier alpha value is -0.120. The third-order valence-corrected chi connectivity index (χ3v) is 5.03. The van der Waals surface area contributed by atoms with E-state index in [4.69, 9.17) is 5.73 Å². The predicted molar refractivity (Wildman–Crippen MR) is 82.3 cm³/mol. The zero-order valence-corrected chi connectivity index (χ0v) is 13.2. The molecule has 2 rings (SSSR count). The zero-order chi connectivity index (χ0) is 13.9. The normalized spacial score (nSPS) is 26.5. The molecule has 0 aromatic rings. The molecule has 19 heavy (non-hydrogen) atoms. The largest absolute Gasteiger partial charge is 0.326 e. The van der Waals surface area contributed by atoms with Gasteiger partial charge in [-0.05, 0) is 57.3 Å². The molecule has 0 spiro atoms. The zero-order valence-electron chi connectivity index (χ0n) is 13.2. The molecular formula is C16H33N3. The second-order valence-electron chi connectivity index (χ2n) is 7.60. The molecule has 2 aliphatic rings. The number of nitrogens with two attached hydrogens (primary N) is 1. The van der Waals surface area contributed by atoms with E-state index in [1.807, 2.05) is 0 Å². The third kappa shape index (κ3) is 4.44. The van der Waals surface area contributed by atoms with Crippen LogP contribution in [0.2, 0.25) is 0 Å². The Morgan fingerprint density at radius 2 is 1.58 bits per heavy atom. The summed E-state index contributed by atoms with van der Waals surface area (Å²) in [7, 11) is 0. The van der Waals surface area contributed by atoms with Crippen molar-refractivity contribution in [3.05, 3.63) is 0 Å². The van der Waals surface area contributed by atoms with Gasteiger partial charge in [0, 0.05) is 18.6 Å². The molecule has 2 fully saturated rings. The van der Waals surface area contributed by atoms with E-state index in [9.17, 15) is 0 Å². The first-order valence-electron chi connectivity index (χ1n) is 8.19. The molecule has 0 aromatic heterocycles. The molecule has 1 atom stereocenters. The highest BCUT2D eigenvalue weighted by molar-refractivity contribution is 4.85. The maximum Gasteiger partial charge on any atom is 0.0217 e. The maximum absolute atomic E-state index is 6.31. The van der Waals surface area contributed by atoms with Gasteiger partial charge in [0.25, 0.3) is 0 Å². The average Bonchev–Trinajstić information content (AvgIpc) is 2.39. The fourth-order valence-electron chi connectivity index (χ4n) is 3.30. The van der Waals surface area contributed by atoms with Crippen LogP contribution in [0.15, 0.2) is 0 Å². The van der Waals surface area contributed by atoms with Crippen LogP contribution in [0.1, 0.15) is 52.9 Å². The second kappa shape index (κ2) is 6.55. The first kappa shape index (κ1) is 15.3. The van der Waals surface area contributed by atoms with Crippen LogP contribution in [0.3, 0.4) is 0 Å². The highest BCUT2D eigenvalue weighted by Gasteiger charge is 2.28. The van der Waals surface area contributed by atoms with Gasteiger partial charge >= 0.3 is 0 Å². The third-order valence-electron chi connectivity index (χ3n) is 5.03. The Morgan fingerprint density at radius 1 is 1.00 bits per heavy atom. The van der Waals surface area contributed by atoms with E-state index in [0.717, 1.165) is 12.6 Å². The molecule has 3 nitrogen and oxygen atoms in total. The van der Waals surface area contributed by atoms with Crippen LogP contribution in [-0.4, -0.2) is 54.6 Å². The van der Waals surface area contributed by atoms with Crippen molar-refractivity contribution in [1.29, 1.82) is 0 Å². The summed E-state index contributed by atoms with van der Waals surface area (Å²) in [4.78, 5) is 5.32. The minimum absolute atomic E-state index is 0.226. The standard InChI is InChI=1S/C16H33N3/c1-16(2,3)15(17)13-18-11-7-14(8-12-18)19-9-5-4-6-10-19/h14-15H,4-13,17H2,1-3H3. The van der Waals surface area contributed by atoms with Gasteiger partial charge in [0.15, 0.2) is 0 Å². The van der Waals surface area contributed by atoms with Crippen molar-refractivity contribution >= 4 is 0 Å². The quantitative estimate of drug-likeness (QED) is 0.852. The molecule has 0 saturated carbocycles. The summed E-state index contributed by atoms with van der Waals surface area (Å²) in [6.45, 7) is 13.0. The van der Waals surface area contributed by atoms with Crippen molar-refractivity contribution in [3.8, 4) is 0 Å². The summed E-state index contributed by atoms with van der Waals surface area (Å²) in [6.07, 6.45) is 6.95. The summed E-state index contributed by atoms with van der Waals surface area (Å²) in [5.74, 6) is 0. The lowest BCUT2D eigenvalue weighted by atomic mass is 9.86. The van der Waals surface area contributed by atoms with Crippen LogP contribution in [0, 0.1) is 5.41 Å². The number of nitrogens with zero attached hydrogens (tertiary/aromatic N) is 2. The van der Waals surface area contributed by atoms with Gasteiger partial charge < -0.3 is 15.5 Å². The van der Waals surface area contributed by atoms with E-state index in [1.54, 1.807) is 0 Å². The van der Waals surface area contributed by atoms with Crippen molar-refractivity contribution < 1.29 is 0 Å². The number of rotatable bonds is 3. The van der Waals surface area contributed by atoms with Crippen LogP contribution in [0.4, 0.5) is 0 Å². The molecule has 0 radical (unpaired) electrons. The van der Waals surface area contributed by atoms with E-state index in [0.29, 0.717) is 6.04 Å². The van der Waals surface area contributed by atoms with Crippen LogP contribution in [0.5, 0.6) is 0 Å². The molecule has 0 aromatic carbocycles. The van der Waals surface area contributed by atoms with E-state index in [2.05, 4.69) is 30.6 Å². The van der Waals surface area contributed by atoms with Gasteiger partial charge in [-0.15, -0.1) is 0 Å². The monoisotopic (exact) mass is 267 g/mol. The van der Waals surface area contributed by atoms with Crippen LogP contribution in [-0.2, 0) is 0 Å². The fraction of sp³-hybridized carbons (Fsp3) is 1.00. The van der Waals surface area contributed by atoms with Crippen molar-refractivity contribution in [2.24, 2.45) is 11.1 Å². The fourth-order valence-corrected chi connectivity index (χ4v) is 3.30. The molecule has 2 saturated heterocycles. The van der Waals surface area contributed by atoms with E-state index >= 15 is 0 Å². The summed E-state index contributed by atoms with van der Waals surface area (Å²) >= 11 is 0. The second-order valence-corrected chi connectivity index (χ2v) is 7.60. The molecule has 3 heteroatoms. The molecule has 2 aliphatic heterocycles. The Balaban J connectivity index is 1.73. The molecular weight excluding hydrogens is 234 g/mol.